The first-order valence-corrected chi connectivity index (χ1v) is 8.75. The number of carboxylic acid groups (broad SMARTS) is 1. The summed E-state index contributed by atoms with van der Waals surface area (Å²) >= 11 is 1.19. The number of nitrogens with one attached hydrogen (secondary N) is 2. The van der Waals surface area contributed by atoms with Gasteiger partial charge in [-0.05, 0) is 10.4 Å². The summed E-state index contributed by atoms with van der Waals surface area (Å²) in [7, 11) is 1.51. The number of thioether (sulfide) groups is 1. The summed E-state index contributed by atoms with van der Waals surface area (Å²) in [5.74, 6) is -1.46. The van der Waals surface area contributed by atoms with Gasteiger partial charge in [0, 0.05) is 18.4 Å². The molecule has 1 aromatic rings. The van der Waals surface area contributed by atoms with Gasteiger partial charge in [0.2, 0.25) is 17.0 Å². The third kappa shape index (κ3) is 2.47. The predicted molar refractivity (Wildman–Crippen MR) is 84.6 cm³/mol. The van der Waals surface area contributed by atoms with Gasteiger partial charge in [-0.3, -0.25) is 19.8 Å². The van der Waals surface area contributed by atoms with E-state index in [1.165, 1.54) is 28.4 Å². The standard InChI is InChI=1S/C13H15N7O5S/c1-14-6(21)2-19-13(16-17-18-19)26-3-5-8(12(23)24)20-9-7(11(20)22)15-4-25-10(5)9/h7,9-10,15H,2-4H2,1H3,(H,14,21)(H,23,24)/t7-,9-,10?/m0/s1. The second-order valence-corrected chi connectivity index (χ2v) is 6.81. The summed E-state index contributed by atoms with van der Waals surface area (Å²) in [5.41, 5.74) is 0.474. The van der Waals surface area contributed by atoms with Crippen LogP contribution >= 0.6 is 11.8 Å². The number of carbonyl (C=O) groups is 3. The van der Waals surface area contributed by atoms with Crippen molar-refractivity contribution in [3.63, 3.8) is 0 Å². The predicted octanol–water partition coefficient (Wildman–Crippen LogP) is -2.61. The molecule has 26 heavy (non-hydrogen) atoms. The van der Waals surface area contributed by atoms with Crippen LogP contribution in [-0.4, -0.2) is 85.7 Å². The van der Waals surface area contributed by atoms with Crippen LogP contribution in [0.25, 0.3) is 0 Å². The highest BCUT2D eigenvalue weighted by Crippen LogP contribution is 2.43. The Morgan fingerprint density at radius 1 is 1.50 bits per heavy atom. The van der Waals surface area contributed by atoms with Gasteiger partial charge in [0.05, 0.1) is 12.8 Å². The second kappa shape index (κ2) is 6.34. The number of hydrogen-bond acceptors (Lipinski definition) is 9. The van der Waals surface area contributed by atoms with E-state index in [4.69, 9.17) is 4.74 Å². The largest absolute Gasteiger partial charge is 0.477 e. The third-order valence-electron chi connectivity index (χ3n) is 4.54. The molecule has 0 radical (unpaired) electrons. The summed E-state index contributed by atoms with van der Waals surface area (Å²) in [6.07, 6.45) is -0.471. The molecule has 138 valence electrons. The van der Waals surface area contributed by atoms with Crippen molar-refractivity contribution in [2.24, 2.45) is 0 Å². The van der Waals surface area contributed by atoms with Crippen LogP contribution in [0.3, 0.4) is 0 Å². The van der Waals surface area contributed by atoms with E-state index in [0.29, 0.717) is 10.7 Å². The molecule has 3 aliphatic rings. The quantitative estimate of drug-likeness (QED) is 0.353. The van der Waals surface area contributed by atoms with Gasteiger partial charge in [-0.1, -0.05) is 11.8 Å². The molecule has 4 heterocycles. The lowest BCUT2D eigenvalue weighted by Crippen LogP contribution is -2.73. The Hall–Kier alpha value is -2.51. The van der Waals surface area contributed by atoms with Crippen LogP contribution in [0.2, 0.25) is 0 Å². The van der Waals surface area contributed by atoms with Crippen LogP contribution in [0.1, 0.15) is 0 Å². The number of amides is 2. The van der Waals surface area contributed by atoms with E-state index in [1.807, 2.05) is 0 Å². The molecule has 2 amide bonds. The van der Waals surface area contributed by atoms with Crippen molar-refractivity contribution >= 4 is 29.5 Å². The van der Waals surface area contributed by atoms with Crippen LogP contribution in [-0.2, 0) is 25.7 Å². The number of nitrogens with zero attached hydrogens (tertiary/aromatic N) is 5. The first-order chi connectivity index (χ1) is 12.5. The summed E-state index contributed by atoms with van der Waals surface area (Å²) < 4.78 is 6.99. The Kier molecular flexibility index (Phi) is 4.13. The van der Waals surface area contributed by atoms with E-state index in [9.17, 15) is 19.5 Å². The second-order valence-electron chi connectivity index (χ2n) is 5.87. The van der Waals surface area contributed by atoms with Gasteiger partial charge in [-0.25, -0.2) is 9.48 Å². The Morgan fingerprint density at radius 2 is 2.31 bits per heavy atom. The topological polar surface area (TPSA) is 152 Å². The molecule has 4 rings (SSSR count). The SMILES string of the molecule is CNC(=O)Cn1nnnc1SCC1=C(C(=O)O)N2C(=O)[C@H]3NCOC1[C@H]32. The first kappa shape index (κ1) is 16.9. The van der Waals surface area contributed by atoms with Crippen LogP contribution in [0.4, 0.5) is 0 Å². The van der Waals surface area contributed by atoms with Crippen LogP contribution in [0.15, 0.2) is 16.4 Å². The van der Waals surface area contributed by atoms with Crippen molar-refractivity contribution in [1.29, 1.82) is 0 Å². The zero-order valence-electron chi connectivity index (χ0n) is 13.6. The van der Waals surface area contributed by atoms with E-state index < -0.39 is 18.1 Å². The van der Waals surface area contributed by atoms with E-state index in [2.05, 4.69) is 26.2 Å². The number of rotatable bonds is 6. The number of carboxylic acids is 1. The molecule has 0 spiro atoms. The Labute approximate surface area is 150 Å². The van der Waals surface area contributed by atoms with Crippen molar-refractivity contribution in [3.05, 3.63) is 11.3 Å². The van der Waals surface area contributed by atoms with Crippen LogP contribution in [0.5, 0.6) is 0 Å². The van der Waals surface area contributed by atoms with Gasteiger partial charge in [0.25, 0.3) is 0 Å². The normalized spacial score (nSPS) is 26.6. The van der Waals surface area contributed by atoms with Gasteiger partial charge < -0.3 is 15.2 Å². The number of hydrogen-bond donors (Lipinski definition) is 3. The lowest BCUT2D eigenvalue weighted by molar-refractivity contribution is -0.163. The number of aliphatic carboxylic acids is 1. The average molecular weight is 381 g/mol. The molecule has 0 aromatic carbocycles. The van der Waals surface area contributed by atoms with Crippen molar-refractivity contribution in [2.45, 2.75) is 29.9 Å². The molecule has 3 atom stereocenters. The molecule has 0 aliphatic carbocycles. The fraction of sp³-hybridized carbons (Fsp3) is 0.538. The van der Waals surface area contributed by atoms with E-state index in [0.717, 1.165) is 0 Å². The molecule has 2 fully saturated rings. The molecule has 0 saturated carbocycles. The van der Waals surface area contributed by atoms with Crippen LogP contribution < -0.4 is 10.6 Å². The van der Waals surface area contributed by atoms with Gasteiger partial charge in [-0.15, -0.1) is 5.10 Å². The van der Waals surface area contributed by atoms with Crippen LogP contribution in [0, 0.1) is 0 Å². The maximum absolute atomic E-state index is 12.2. The highest BCUT2D eigenvalue weighted by Gasteiger charge is 2.62. The average Bonchev–Trinajstić information content (AvgIpc) is 3.20. The highest BCUT2D eigenvalue weighted by atomic mass is 32.2. The van der Waals surface area contributed by atoms with Gasteiger partial charge >= 0.3 is 5.97 Å². The summed E-state index contributed by atoms with van der Waals surface area (Å²) in [5, 5.41) is 26.5. The molecule has 3 N–H and O–H groups in total. The number of aromatic nitrogens is 4. The number of tetrazole rings is 1. The minimum atomic E-state index is -1.17. The number of ether oxygens (including phenoxy) is 1. The zero-order chi connectivity index (χ0) is 18.4. The molecular weight excluding hydrogens is 366 g/mol. The van der Waals surface area contributed by atoms with Gasteiger partial charge in [0.1, 0.15) is 24.4 Å². The molecule has 12 nitrogen and oxygen atoms in total. The molecule has 2 saturated heterocycles. The molecule has 1 aromatic heterocycles. The van der Waals surface area contributed by atoms with E-state index in [-0.39, 0.29) is 42.6 Å². The number of carbonyl (C=O) groups excluding carboxylic acids is 2. The minimum Gasteiger partial charge on any atom is -0.477 e. The highest BCUT2D eigenvalue weighted by molar-refractivity contribution is 7.99. The molecule has 1 unspecified atom stereocenters. The molecular formula is C13H15N7O5S. The smallest absolute Gasteiger partial charge is 0.352 e. The van der Waals surface area contributed by atoms with Crippen molar-refractivity contribution < 1.29 is 24.2 Å². The zero-order valence-corrected chi connectivity index (χ0v) is 14.4. The third-order valence-corrected chi connectivity index (χ3v) is 5.54. The molecule has 0 bridgehead atoms. The lowest BCUT2D eigenvalue weighted by Gasteiger charge is -2.48. The van der Waals surface area contributed by atoms with Gasteiger partial charge in [0.15, 0.2) is 0 Å². The Bertz CT molecular complexity index is 824. The molecule has 3 aliphatic heterocycles. The maximum atomic E-state index is 12.2. The monoisotopic (exact) mass is 381 g/mol. The van der Waals surface area contributed by atoms with E-state index >= 15 is 0 Å². The van der Waals surface area contributed by atoms with E-state index in [1.54, 1.807) is 0 Å². The summed E-state index contributed by atoms with van der Waals surface area (Å²) in [6, 6.07) is -0.746. The Morgan fingerprint density at radius 3 is 3.04 bits per heavy atom. The maximum Gasteiger partial charge on any atom is 0.352 e. The van der Waals surface area contributed by atoms with Crippen molar-refractivity contribution in [1.82, 2.24) is 35.7 Å². The fourth-order valence-corrected chi connectivity index (χ4v) is 4.29. The lowest BCUT2D eigenvalue weighted by atomic mass is 9.91. The fourth-order valence-electron chi connectivity index (χ4n) is 3.36. The first-order valence-electron chi connectivity index (χ1n) is 7.77. The Balaban J connectivity index is 1.56. The van der Waals surface area contributed by atoms with Crippen molar-refractivity contribution in [3.8, 4) is 0 Å². The number of likely N-dealkylation sites (N-methyl/N-ethyl adjacent to an activating group) is 1. The summed E-state index contributed by atoms with van der Waals surface area (Å²) in [4.78, 5) is 36.7. The number of β-lactam (4-membered cyclic amide) rings is 1. The minimum absolute atomic E-state index is 0.0391. The van der Waals surface area contributed by atoms with Crippen molar-refractivity contribution in [2.75, 3.05) is 19.5 Å². The van der Waals surface area contributed by atoms with Gasteiger partial charge in [-0.2, -0.15) is 0 Å². The summed E-state index contributed by atoms with van der Waals surface area (Å²) in [6.45, 7) is 0.136. The molecule has 13 heteroatoms.